The predicted octanol–water partition coefficient (Wildman–Crippen LogP) is 2.29. The molecule has 1 aliphatic rings. The van der Waals surface area contributed by atoms with Crippen LogP contribution in [0.25, 0.3) is 0 Å². The van der Waals surface area contributed by atoms with E-state index in [2.05, 4.69) is 16.3 Å². The fourth-order valence-electron chi connectivity index (χ4n) is 2.95. The van der Waals surface area contributed by atoms with Gasteiger partial charge < -0.3 is 20.2 Å². The van der Waals surface area contributed by atoms with Crippen LogP contribution in [0.2, 0.25) is 0 Å². The number of anilines is 1. The molecule has 1 saturated heterocycles. The van der Waals surface area contributed by atoms with Gasteiger partial charge in [-0.15, -0.1) is 0 Å². The van der Waals surface area contributed by atoms with Gasteiger partial charge in [-0.3, -0.25) is 0 Å². The van der Waals surface area contributed by atoms with Gasteiger partial charge in [0.1, 0.15) is 6.07 Å². The highest BCUT2D eigenvalue weighted by Crippen LogP contribution is 2.23. The minimum atomic E-state index is -0.904. The number of nitrogens with one attached hydrogen (secondary N) is 1. The molecule has 130 valence electrons. The first kappa shape index (κ1) is 18.1. The second-order valence-electron chi connectivity index (χ2n) is 7.06. The van der Waals surface area contributed by atoms with E-state index < -0.39 is 11.6 Å². The normalized spacial score (nSPS) is 15.0. The van der Waals surface area contributed by atoms with E-state index in [9.17, 15) is 15.2 Å². The molecule has 0 unspecified atom stereocenters. The molecule has 2 N–H and O–H groups in total. The second kappa shape index (κ2) is 7.54. The number of hydrogen-bond acceptors (Lipinski definition) is 4. The summed E-state index contributed by atoms with van der Waals surface area (Å²) >= 11 is 0. The van der Waals surface area contributed by atoms with Gasteiger partial charge in [0, 0.05) is 38.3 Å². The Balaban J connectivity index is 2.16. The fraction of sp³-hybridized carbons (Fsp3) is 0.556. The molecular formula is C18H26N4O2. The van der Waals surface area contributed by atoms with E-state index in [0.29, 0.717) is 18.5 Å². The minimum absolute atomic E-state index is 0.431. The number of carbonyl (C=O) groups is 1. The van der Waals surface area contributed by atoms with E-state index in [-0.39, 0.29) is 0 Å². The van der Waals surface area contributed by atoms with Gasteiger partial charge in [-0.25, -0.2) is 4.79 Å². The van der Waals surface area contributed by atoms with Crippen LogP contribution < -0.4 is 10.2 Å². The zero-order chi connectivity index (χ0) is 17.7. The van der Waals surface area contributed by atoms with Crippen molar-refractivity contribution in [1.82, 2.24) is 10.2 Å². The van der Waals surface area contributed by atoms with Crippen LogP contribution in [-0.2, 0) is 6.42 Å². The van der Waals surface area contributed by atoms with Gasteiger partial charge in [-0.1, -0.05) is 6.07 Å². The SMILES string of the molecule is CC(C)(C)N(CCc1ccc(C#N)c(N2CCNCC2)c1)C(=O)O. The van der Waals surface area contributed by atoms with Crippen molar-refractivity contribution >= 4 is 11.8 Å². The number of amides is 1. The molecule has 1 fully saturated rings. The Kier molecular flexibility index (Phi) is 5.68. The fourth-order valence-corrected chi connectivity index (χ4v) is 2.95. The van der Waals surface area contributed by atoms with Crippen molar-refractivity contribution in [2.24, 2.45) is 0 Å². The van der Waals surface area contributed by atoms with Crippen molar-refractivity contribution in [2.75, 3.05) is 37.6 Å². The van der Waals surface area contributed by atoms with Gasteiger partial charge in [0.2, 0.25) is 0 Å². The maximum absolute atomic E-state index is 11.4. The van der Waals surface area contributed by atoms with Crippen LogP contribution in [0.3, 0.4) is 0 Å². The van der Waals surface area contributed by atoms with Crippen LogP contribution in [0.5, 0.6) is 0 Å². The lowest BCUT2D eigenvalue weighted by molar-refractivity contribution is 0.101. The van der Waals surface area contributed by atoms with Crippen LogP contribution >= 0.6 is 0 Å². The molecule has 0 aliphatic carbocycles. The number of piperazine rings is 1. The van der Waals surface area contributed by atoms with Crippen molar-refractivity contribution in [3.05, 3.63) is 29.3 Å². The van der Waals surface area contributed by atoms with Crippen molar-refractivity contribution in [3.8, 4) is 6.07 Å². The molecule has 1 aromatic rings. The Morgan fingerprint density at radius 3 is 2.58 bits per heavy atom. The third-order valence-electron chi connectivity index (χ3n) is 4.31. The molecule has 1 aliphatic heterocycles. The van der Waals surface area contributed by atoms with Crippen LogP contribution in [0.4, 0.5) is 10.5 Å². The third kappa shape index (κ3) is 4.39. The zero-order valence-electron chi connectivity index (χ0n) is 14.7. The first-order chi connectivity index (χ1) is 11.3. The number of carboxylic acid groups (broad SMARTS) is 1. The van der Waals surface area contributed by atoms with Gasteiger partial charge in [0.25, 0.3) is 0 Å². The number of benzene rings is 1. The van der Waals surface area contributed by atoms with Crippen molar-refractivity contribution in [3.63, 3.8) is 0 Å². The molecule has 0 aromatic heterocycles. The van der Waals surface area contributed by atoms with Crippen molar-refractivity contribution in [2.45, 2.75) is 32.7 Å². The Hall–Kier alpha value is -2.26. The molecule has 0 spiro atoms. The molecule has 6 heteroatoms. The summed E-state index contributed by atoms with van der Waals surface area (Å²) in [6.45, 7) is 9.69. The summed E-state index contributed by atoms with van der Waals surface area (Å²) in [7, 11) is 0. The molecule has 0 atom stereocenters. The lowest BCUT2D eigenvalue weighted by Gasteiger charge is -2.33. The molecule has 24 heavy (non-hydrogen) atoms. The Morgan fingerprint density at radius 1 is 1.38 bits per heavy atom. The van der Waals surface area contributed by atoms with Gasteiger partial charge in [-0.05, 0) is 44.9 Å². The summed E-state index contributed by atoms with van der Waals surface area (Å²) in [6, 6.07) is 8.06. The number of nitriles is 1. The number of hydrogen-bond donors (Lipinski definition) is 2. The third-order valence-corrected chi connectivity index (χ3v) is 4.31. The highest BCUT2D eigenvalue weighted by molar-refractivity contribution is 5.66. The smallest absolute Gasteiger partial charge is 0.407 e. The molecule has 1 amide bonds. The predicted molar refractivity (Wildman–Crippen MR) is 94.4 cm³/mol. The summed E-state index contributed by atoms with van der Waals surface area (Å²) < 4.78 is 0. The first-order valence-corrected chi connectivity index (χ1v) is 8.32. The molecule has 1 heterocycles. The van der Waals surface area contributed by atoms with E-state index >= 15 is 0 Å². The molecule has 0 radical (unpaired) electrons. The maximum Gasteiger partial charge on any atom is 0.407 e. The molecule has 1 aromatic carbocycles. The van der Waals surface area contributed by atoms with E-state index in [1.54, 1.807) is 0 Å². The summed E-state index contributed by atoms with van der Waals surface area (Å²) in [5, 5.41) is 22.1. The topological polar surface area (TPSA) is 79.6 Å². The minimum Gasteiger partial charge on any atom is -0.465 e. The van der Waals surface area contributed by atoms with Gasteiger partial charge in [0.15, 0.2) is 0 Å². The van der Waals surface area contributed by atoms with Crippen LogP contribution in [0.15, 0.2) is 18.2 Å². The van der Waals surface area contributed by atoms with Crippen molar-refractivity contribution in [1.29, 1.82) is 5.26 Å². The molecule has 2 rings (SSSR count). The van der Waals surface area contributed by atoms with Crippen LogP contribution in [0, 0.1) is 11.3 Å². The quantitative estimate of drug-likeness (QED) is 0.885. The standard InChI is InChI=1S/C18H26N4O2/c1-18(2,3)22(17(23)24)9-6-14-4-5-15(13-19)16(12-14)21-10-7-20-8-11-21/h4-5,12,20H,6-11H2,1-3H3,(H,23,24). The Labute approximate surface area is 143 Å². The van der Waals surface area contributed by atoms with E-state index in [1.807, 2.05) is 39.0 Å². The summed E-state index contributed by atoms with van der Waals surface area (Å²) in [5.41, 5.74) is 2.25. The average molecular weight is 330 g/mol. The highest BCUT2D eigenvalue weighted by atomic mass is 16.4. The van der Waals surface area contributed by atoms with E-state index in [0.717, 1.165) is 37.4 Å². The monoisotopic (exact) mass is 330 g/mol. The zero-order valence-corrected chi connectivity index (χ0v) is 14.7. The maximum atomic E-state index is 11.4. The van der Waals surface area contributed by atoms with Crippen LogP contribution in [-0.4, -0.2) is 54.4 Å². The molecule has 0 saturated carbocycles. The van der Waals surface area contributed by atoms with Gasteiger partial charge in [0.05, 0.1) is 11.3 Å². The van der Waals surface area contributed by atoms with E-state index in [4.69, 9.17) is 0 Å². The van der Waals surface area contributed by atoms with Gasteiger partial charge >= 0.3 is 6.09 Å². The summed E-state index contributed by atoms with van der Waals surface area (Å²) in [5.74, 6) is 0. The summed E-state index contributed by atoms with van der Waals surface area (Å²) in [4.78, 5) is 15.1. The summed E-state index contributed by atoms with van der Waals surface area (Å²) in [6.07, 6.45) is -0.271. The van der Waals surface area contributed by atoms with Crippen molar-refractivity contribution < 1.29 is 9.90 Å². The Morgan fingerprint density at radius 2 is 2.04 bits per heavy atom. The average Bonchev–Trinajstić information content (AvgIpc) is 2.54. The number of rotatable bonds is 4. The molecule has 0 bridgehead atoms. The highest BCUT2D eigenvalue weighted by Gasteiger charge is 2.25. The lowest BCUT2D eigenvalue weighted by atomic mass is 10.0. The first-order valence-electron chi connectivity index (χ1n) is 8.32. The van der Waals surface area contributed by atoms with Gasteiger partial charge in [-0.2, -0.15) is 5.26 Å². The Bertz CT molecular complexity index is 625. The number of nitrogens with zero attached hydrogens (tertiary/aromatic N) is 3. The van der Waals surface area contributed by atoms with Crippen LogP contribution in [0.1, 0.15) is 31.9 Å². The second-order valence-corrected chi connectivity index (χ2v) is 7.06. The molecule has 6 nitrogen and oxygen atoms in total. The van der Waals surface area contributed by atoms with E-state index in [1.165, 1.54) is 4.90 Å². The largest absolute Gasteiger partial charge is 0.465 e. The lowest BCUT2D eigenvalue weighted by Crippen LogP contribution is -2.46. The molecular weight excluding hydrogens is 304 g/mol.